The van der Waals surface area contributed by atoms with Crippen LogP contribution in [0.25, 0.3) is 0 Å². The fourth-order valence-corrected chi connectivity index (χ4v) is 2.64. The topological polar surface area (TPSA) is 40.5 Å². The van der Waals surface area contributed by atoms with Gasteiger partial charge in [0, 0.05) is 19.6 Å². The van der Waals surface area contributed by atoms with E-state index in [1.165, 1.54) is 25.1 Å². The first kappa shape index (κ1) is 9.85. The van der Waals surface area contributed by atoms with E-state index < -0.39 is 5.97 Å². The maximum absolute atomic E-state index is 10.7. The number of hydrogen-bond acceptors (Lipinski definition) is 2. The van der Waals surface area contributed by atoms with Gasteiger partial charge < -0.3 is 5.11 Å². The normalized spacial score (nSPS) is 27.8. The van der Waals surface area contributed by atoms with Gasteiger partial charge in [-0.25, -0.2) is 4.79 Å². The Morgan fingerprint density at radius 2 is 1.88 bits per heavy atom. The predicted octanol–water partition coefficient (Wildman–Crippen LogP) is 1.84. The molecular weight excluding hydrogens is 202 g/mol. The number of carboxylic acid groups (broad SMARTS) is 1. The molecule has 0 bridgehead atoms. The third-order valence-corrected chi connectivity index (χ3v) is 3.66. The van der Waals surface area contributed by atoms with Gasteiger partial charge in [0.15, 0.2) is 0 Å². The zero-order chi connectivity index (χ0) is 11.1. The minimum Gasteiger partial charge on any atom is -0.478 e. The smallest absolute Gasteiger partial charge is 0.335 e. The van der Waals surface area contributed by atoms with Crippen LogP contribution in [0.5, 0.6) is 0 Å². The number of aromatic carboxylic acids is 1. The molecule has 3 rings (SSSR count). The van der Waals surface area contributed by atoms with Crippen molar-refractivity contribution in [1.82, 2.24) is 4.90 Å². The van der Waals surface area contributed by atoms with E-state index in [0.717, 1.165) is 18.4 Å². The first-order valence-corrected chi connectivity index (χ1v) is 5.77. The Kier molecular flexibility index (Phi) is 2.21. The highest BCUT2D eigenvalue weighted by Crippen LogP contribution is 2.45. The molecule has 1 aromatic rings. The van der Waals surface area contributed by atoms with Crippen molar-refractivity contribution < 1.29 is 9.90 Å². The molecule has 0 amide bonds. The van der Waals surface area contributed by atoms with Gasteiger partial charge in [-0.3, -0.25) is 4.90 Å². The lowest BCUT2D eigenvalue weighted by Gasteiger charge is -2.17. The average Bonchev–Trinajstić information content (AvgIpc) is 2.87. The minimum atomic E-state index is -0.853. The van der Waals surface area contributed by atoms with Crippen LogP contribution in [0, 0.1) is 11.8 Å². The van der Waals surface area contributed by atoms with Crippen molar-refractivity contribution in [3.63, 3.8) is 0 Å². The van der Waals surface area contributed by atoms with Crippen molar-refractivity contribution in [3.05, 3.63) is 35.4 Å². The maximum Gasteiger partial charge on any atom is 0.335 e. The van der Waals surface area contributed by atoms with E-state index in [9.17, 15) is 4.79 Å². The molecule has 2 unspecified atom stereocenters. The lowest BCUT2D eigenvalue weighted by Crippen LogP contribution is -2.22. The van der Waals surface area contributed by atoms with Gasteiger partial charge in [-0.15, -0.1) is 0 Å². The van der Waals surface area contributed by atoms with Gasteiger partial charge in [0.1, 0.15) is 0 Å². The van der Waals surface area contributed by atoms with E-state index in [0.29, 0.717) is 5.56 Å². The first-order chi connectivity index (χ1) is 7.72. The van der Waals surface area contributed by atoms with Crippen molar-refractivity contribution in [2.45, 2.75) is 13.0 Å². The third-order valence-electron chi connectivity index (χ3n) is 3.66. The minimum absolute atomic E-state index is 0.369. The Balaban J connectivity index is 1.64. The molecule has 1 aliphatic heterocycles. The fourth-order valence-electron chi connectivity index (χ4n) is 2.64. The maximum atomic E-state index is 10.7. The summed E-state index contributed by atoms with van der Waals surface area (Å²) in [6.07, 6.45) is 1.43. The number of carbonyl (C=O) groups is 1. The van der Waals surface area contributed by atoms with Crippen LogP contribution >= 0.6 is 0 Å². The Morgan fingerprint density at radius 3 is 2.44 bits per heavy atom. The van der Waals surface area contributed by atoms with E-state index in [2.05, 4.69) is 4.90 Å². The molecule has 1 saturated carbocycles. The summed E-state index contributed by atoms with van der Waals surface area (Å²) in [5.41, 5.74) is 1.58. The highest BCUT2D eigenvalue weighted by atomic mass is 16.4. The first-order valence-electron chi connectivity index (χ1n) is 5.77. The fraction of sp³-hybridized carbons (Fsp3) is 0.462. The number of benzene rings is 1. The summed E-state index contributed by atoms with van der Waals surface area (Å²) < 4.78 is 0. The van der Waals surface area contributed by atoms with Gasteiger partial charge >= 0.3 is 5.97 Å². The molecule has 1 saturated heterocycles. The van der Waals surface area contributed by atoms with Gasteiger partial charge in [0.05, 0.1) is 5.56 Å². The van der Waals surface area contributed by atoms with Crippen LogP contribution in [0.15, 0.2) is 24.3 Å². The molecule has 1 heterocycles. The number of rotatable bonds is 3. The van der Waals surface area contributed by atoms with E-state index >= 15 is 0 Å². The van der Waals surface area contributed by atoms with Crippen LogP contribution in [0.4, 0.5) is 0 Å². The highest BCUT2D eigenvalue weighted by Gasteiger charge is 2.44. The van der Waals surface area contributed by atoms with Crippen LogP contribution in [0.2, 0.25) is 0 Å². The lowest BCUT2D eigenvalue weighted by molar-refractivity contribution is 0.0697. The Bertz CT molecular complexity index is 402. The Morgan fingerprint density at radius 1 is 1.25 bits per heavy atom. The molecule has 1 N–H and O–H groups in total. The summed E-state index contributed by atoms with van der Waals surface area (Å²) in [4.78, 5) is 13.2. The van der Waals surface area contributed by atoms with Crippen molar-refractivity contribution >= 4 is 5.97 Å². The van der Waals surface area contributed by atoms with Crippen molar-refractivity contribution in [3.8, 4) is 0 Å². The molecule has 0 spiro atoms. The van der Waals surface area contributed by atoms with Crippen LogP contribution in [0.1, 0.15) is 22.3 Å². The number of nitrogens with zero attached hydrogens (tertiary/aromatic N) is 1. The molecular formula is C13H15NO2. The number of carboxylic acids is 1. The summed E-state index contributed by atoms with van der Waals surface area (Å²) >= 11 is 0. The second kappa shape index (κ2) is 3.59. The standard InChI is InChI=1S/C13H15NO2/c15-13(16)10-3-1-9(2-4-10)6-14-7-11-5-12(11)8-14/h1-4,11-12H,5-8H2,(H,15,16). The van der Waals surface area contributed by atoms with Crippen molar-refractivity contribution in [2.24, 2.45) is 11.8 Å². The monoisotopic (exact) mass is 217 g/mol. The molecule has 16 heavy (non-hydrogen) atoms. The Hall–Kier alpha value is -1.35. The SMILES string of the molecule is O=C(O)c1ccc(CN2CC3CC3C2)cc1. The van der Waals surface area contributed by atoms with Gasteiger partial charge in [-0.2, -0.15) is 0 Å². The van der Waals surface area contributed by atoms with E-state index in [-0.39, 0.29) is 0 Å². The van der Waals surface area contributed by atoms with Crippen molar-refractivity contribution in [1.29, 1.82) is 0 Å². The zero-order valence-corrected chi connectivity index (χ0v) is 9.10. The second-order valence-electron chi connectivity index (χ2n) is 4.95. The second-order valence-corrected chi connectivity index (χ2v) is 4.95. The average molecular weight is 217 g/mol. The molecule has 2 fully saturated rings. The predicted molar refractivity (Wildman–Crippen MR) is 60.3 cm³/mol. The molecule has 84 valence electrons. The number of hydrogen-bond donors (Lipinski definition) is 1. The quantitative estimate of drug-likeness (QED) is 0.839. The van der Waals surface area contributed by atoms with Gasteiger partial charge in [-0.05, 0) is 36.0 Å². The van der Waals surface area contributed by atoms with E-state index in [4.69, 9.17) is 5.11 Å². The van der Waals surface area contributed by atoms with Crippen LogP contribution in [-0.4, -0.2) is 29.1 Å². The molecule has 2 atom stereocenters. The summed E-state index contributed by atoms with van der Waals surface area (Å²) in [5, 5.41) is 8.79. The molecule has 3 nitrogen and oxygen atoms in total. The Labute approximate surface area is 94.7 Å². The molecule has 1 aliphatic carbocycles. The van der Waals surface area contributed by atoms with E-state index in [1.54, 1.807) is 12.1 Å². The van der Waals surface area contributed by atoms with E-state index in [1.807, 2.05) is 12.1 Å². The van der Waals surface area contributed by atoms with Gasteiger partial charge in [0.2, 0.25) is 0 Å². The molecule has 0 radical (unpaired) electrons. The summed E-state index contributed by atoms with van der Waals surface area (Å²) in [5.74, 6) is 1.06. The van der Waals surface area contributed by atoms with Crippen LogP contribution in [0.3, 0.4) is 0 Å². The van der Waals surface area contributed by atoms with Gasteiger partial charge in [0.25, 0.3) is 0 Å². The largest absolute Gasteiger partial charge is 0.478 e. The third kappa shape index (κ3) is 1.83. The van der Waals surface area contributed by atoms with Crippen LogP contribution < -0.4 is 0 Å². The lowest BCUT2D eigenvalue weighted by atomic mass is 10.1. The molecule has 1 aromatic carbocycles. The summed E-state index contributed by atoms with van der Waals surface area (Å²) in [6, 6.07) is 7.23. The summed E-state index contributed by atoms with van der Waals surface area (Å²) in [7, 11) is 0. The molecule has 2 aliphatic rings. The summed E-state index contributed by atoms with van der Waals surface area (Å²) in [6.45, 7) is 3.42. The molecule has 3 heteroatoms. The zero-order valence-electron chi connectivity index (χ0n) is 9.10. The number of fused-ring (bicyclic) bond motifs is 1. The van der Waals surface area contributed by atoms with Crippen LogP contribution in [-0.2, 0) is 6.54 Å². The highest BCUT2D eigenvalue weighted by molar-refractivity contribution is 5.87. The number of likely N-dealkylation sites (tertiary alicyclic amines) is 1. The molecule has 0 aromatic heterocycles. The number of piperidine rings is 1. The van der Waals surface area contributed by atoms with Crippen molar-refractivity contribution in [2.75, 3.05) is 13.1 Å². The van der Waals surface area contributed by atoms with Gasteiger partial charge in [-0.1, -0.05) is 12.1 Å².